The summed E-state index contributed by atoms with van der Waals surface area (Å²) in [5.41, 5.74) is -1.79. The van der Waals surface area contributed by atoms with E-state index in [9.17, 15) is 19.2 Å². The number of hydrogen-bond donors (Lipinski definition) is 0. The van der Waals surface area contributed by atoms with Gasteiger partial charge in [-0.15, -0.1) is 0 Å². The molecule has 0 heterocycles. The van der Waals surface area contributed by atoms with Crippen molar-refractivity contribution in [2.45, 2.75) is 0 Å². The Morgan fingerprint density at radius 3 is 0.667 bits per heavy atom. The molecule has 4 rings (SSSR count). The fraction of sp³-hybridized carbons (Fsp3) is 0. The van der Waals surface area contributed by atoms with Gasteiger partial charge in [-0.25, -0.2) is 0 Å². The van der Waals surface area contributed by atoms with Crippen LogP contribution in [0.25, 0.3) is 0 Å². The van der Waals surface area contributed by atoms with Gasteiger partial charge in [0.15, 0.2) is 0 Å². The molecular formula is C28H12Cl8O8Pb. The van der Waals surface area contributed by atoms with Gasteiger partial charge in [0.1, 0.15) is 0 Å². The zero-order valence-corrected chi connectivity index (χ0v) is 31.7. The van der Waals surface area contributed by atoms with Crippen LogP contribution in [0.5, 0.6) is 0 Å². The molecule has 0 fully saturated rings. The molecular weight excluding hydrogens is 955 g/mol. The van der Waals surface area contributed by atoms with Crippen LogP contribution in [0, 0.1) is 0 Å². The van der Waals surface area contributed by atoms with E-state index >= 15 is 0 Å². The number of hydrogen-bond acceptors (Lipinski definition) is 8. The van der Waals surface area contributed by atoms with Crippen molar-refractivity contribution in [2.24, 2.45) is 0 Å². The van der Waals surface area contributed by atoms with Gasteiger partial charge in [0.2, 0.25) is 0 Å². The number of benzene rings is 4. The van der Waals surface area contributed by atoms with Crippen LogP contribution in [-0.4, -0.2) is 46.9 Å². The van der Waals surface area contributed by atoms with E-state index in [1.807, 2.05) is 0 Å². The van der Waals surface area contributed by atoms with Crippen molar-refractivity contribution in [3.05, 3.63) is 135 Å². The summed E-state index contributed by atoms with van der Waals surface area (Å²) in [5, 5.41) is -1.69. The van der Waals surface area contributed by atoms with Crippen LogP contribution in [0.3, 0.4) is 0 Å². The van der Waals surface area contributed by atoms with E-state index in [0.29, 0.717) is 0 Å². The normalized spacial score (nSPS) is 11.0. The van der Waals surface area contributed by atoms with E-state index in [2.05, 4.69) is 0 Å². The van der Waals surface area contributed by atoms with Gasteiger partial charge in [-0.1, -0.05) is 0 Å². The molecule has 17 heteroatoms. The maximum absolute atomic E-state index is 13.6. The number of carbonyl (C=O) groups is 4. The van der Waals surface area contributed by atoms with E-state index < -0.39 is 69.1 Å². The first-order valence-electron chi connectivity index (χ1n) is 11.9. The molecule has 0 saturated carbocycles. The first-order valence-corrected chi connectivity index (χ1v) is 21.3. The van der Waals surface area contributed by atoms with Crippen molar-refractivity contribution in [3.8, 4) is 0 Å². The Balaban J connectivity index is 1.92. The topological polar surface area (TPSA) is 105 Å². The van der Waals surface area contributed by atoms with E-state index in [1.165, 1.54) is 72.8 Å². The first-order chi connectivity index (χ1) is 21.2. The summed E-state index contributed by atoms with van der Waals surface area (Å²) in [6, 6.07) is 16.1. The molecule has 45 heavy (non-hydrogen) atoms. The van der Waals surface area contributed by atoms with Crippen molar-refractivity contribution in [1.29, 1.82) is 0 Å². The van der Waals surface area contributed by atoms with Gasteiger partial charge in [0.05, 0.1) is 0 Å². The molecule has 0 bridgehead atoms. The summed E-state index contributed by atoms with van der Waals surface area (Å²) in [4.78, 5) is 54.4. The van der Waals surface area contributed by atoms with Crippen LogP contribution < -0.4 is 0 Å². The van der Waals surface area contributed by atoms with Crippen molar-refractivity contribution in [3.63, 3.8) is 0 Å². The molecule has 0 unspecified atom stereocenters. The van der Waals surface area contributed by atoms with Crippen LogP contribution in [0.1, 0.15) is 41.4 Å². The second-order valence-corrected chi connectivity index (χ2v) is 18.8. The maximum atomic E-state index is 13.6. The Bertz CT molecular complexity index is 1500. The third kappa shape index (κ3) is 8.30. The molecule has 0 aliphatic carbocycles. The predicted molar refractivity (Wildman–Crippen MR) is 173 cm³/mol. The van der Waals surface area contributed by atoms with Crippen LogP contribution in [0.15, 0.2) is 72.8 Å². The zero-order valence-electron chi connectivity index (χ0n) is 21.7. The molecule has 4 aromatic rings. The van der Waals surface area contributed by atoms with Crippen molar-refractivity contribution in [2.75, 3.05) is 0 Å². The molecule has 0 atom stereocenters. The average Bonchev–Trinajstić information content (AvgIpc) is 2.92. The number of rotatable bonds is 8. The summed E-state index contributed by atoms with van der Waals surface area (Å²) in [5.74, 6) is -5.61. The van der Waals surface area contributed by atoms with E-state index in [0.717, 1.165) is 0 Å². The Morgan fingerprint density at radius 2 is 0.511 bits per heavy atom. The summed E-state index contributed by atoms with van der Waals surface area (Å²) in [7, 11) is 0. The fourth-order valence-corrected chi connectivity index (χ4v) is 11.9. The molecule has 0 aliphatic rings. The summed E-state index contributed by atoms with van der Waals surface area (Å²) in [6.07, 6.45) is 0. The minimum absolute atomic E-state index is 0.212. The van der Waals surface area contributed by atoms with E-state index in [4.69, 9.17) is 104 Å². The molecule has 4 aromatic carbocycles. The third-order valence-electron chi connectivity index (χ3n) is 5.54. The molecule has 0 spiro atoms. The molecule has 0 saturated heterocycles. The number of carbonyl (C=O) groups excluding carboxylic acids is 4. The fourth-order valence-electron chi connectivity index (χ4n) is 3.55. The second-order valence-electron chi connectivity index (χ2n) is 8.44. The Kier molecular flexibility index (Phi) is 12.2. The van der Waals surface area contributed by atoms with Crippen LogP contribution in [-0.2, 0) is 10.7 Å². The van der Waals surface area contributed by atoms with Crippen molar-refractivity contribution in [1.82, 2.24) is 0 Å². The summed E-state index contributed by atoms with van der Waals surface area (Å²) < 4.78 is 22.1. The number of halogens is 8. The molecule has 0 aliphatic heterocycles. The molecule has 232 valence electrons. The minimum atomic E-state index is -7.09. The SMILES string of the molecule is O=C([O][Pb]([O]C(=O)c1c(Cl)cccc1Cl)([O]C(=O)c1c(Cl)cccc1Cl)[O]C(=O)c1c(Cl)cccc1Cl)c1c(Cl)cccc1Cl. The summed E-state index contributed by atoms with van der Waals surface area (Å²) >= 11 is 42.5. The monoisotopic (exact) mass is 964 g/mol. The van der Waals surface area contributed by atoms with Gasteiger partial charge in [0, 0.05) is 0 Å². The molecule has 0 N–H and O–H groups in total. The van der Waals surface area contributed by atoms with Crippen molar-refractivity contribution >= 4 is 140 Å². The Morgan fingerprint density at radius 1 is 0.356 bits per heavy atom. The van der Waals surface area contributed by atoms with Gasteiger partial charge >= 0.3 is 305 Å². The summed E-state index contributed by atoms with van der Waals surface area (Å²) in [6.45, 7) is 0. The Hall–Kier alpha value is -2.00. The molecule has 0 amide bonds. The molecule has 0 aromatic heterocycles. The van der Waals surface area contributed by atoms with Gasteiger partial charge < -0.3 is 0 Å². The van der Waals surface area contributed by atoms with Crippen LogP contribution in [0.4, 0.5) is 0 Å². The first kappa shape index (κ1) is 35.8. The van der Waals surface area contributed by atoms with E-state index in [-0.39, 0.29) is 40.2 Å². The predicted octanol–water partition coefficient (Wildman–Crippen LogP) is 10.1. The molecule has 0 radical (unpaired) electrons. The van der Waals surface area contributed by atoms with E-state index in [1.54, 1.807) is 0 Å². The van der Waals surface area contributed by atoms with Crippen molar-refractivity contribution < 1.29 is 29.9 Å². The quantitative estimate of drug-likeness (QED) is 0.161. The standard InChI is InChI=1S/4C7H4Cl2O2.Pb/c4*8-4-2-1-3-5(9)6(4)7(10)11;/h4*1-3H,(H,10,11);/q;;;;+4/p-4. The Labute approximate surface area is 302 Å². The third-order valence-corrected chi connectivity index (χ3v) is 14.8. The average molecular weight is 967 g/mol. The van der Waals surface area contributed by atoms with Crippen LogP contribution >= 0.6 is 92.8 Å². The van der Waals surface area contributed by atoms with Gasteiger partial charge in [-0.3, -0.25) is 0 Å². The zero-order chi connectivity index (χ0) is 33.1. The second kappa shape index (κ2) is 15.3. The van der Waals surface area contributed by atoms with Gasteiger partial charge in [-0.05, 0) is 0 Å². The van der Waals surface area contributed by atoms with Gasteiger partial charge in [-0.2, -0.15) is 0 Å². The van der Waals surface area contributed by atoms with Gasteiger partial charge in [0.25, 0.3) is 0 Å². The molecule has 8 nitrogen and oxygen atoms in total. The van der Waals surface area contributed by atoms with Crippen LogP contribution in [0.2, 0.25) is 40.2 Å².